The lowest BCUT2D eigenvalue weighted by molar-refractivity contribution is -0.234. The molecule has 4 fully saturated rings. The van der Waals surface area contributed by atoms with Crippen LogP contribution in [0.1, 0.15) is 46.0 Å². The number of rotatable bonds is 1. The lowest BCUT2D eigenvalue weighted by atomic mass is 9.48. The van der Waals surface area contributed by atoms with Crippen molar-refractivity contribution in [1.29, 1.82) is 0 Å². The van der Waals surface area contributed by atoms with Gasteiger partial charge in [-0.1, -0.05) is 0 Å². The molecule has 4 aliphatic rings. The second-order valence-corrected chi connectivity index (χ2v) is 6.35. The van der Waals surface area contributed by atoms with Gasteiger partial charge in [0.05, 0.1) is 5.60 Å². The number of carbonyl (C=O) groups is 1. The third kappa shape index (κ3) is 1.33. The summed E-state index contributed by atoms with van der Waals surface area (Å²) in [4.78, 5) is 11.2. The van der Waals surface area contributed by atoms with E-state index in [0.717, 1.165) is 32.1 Å². The summed E-state index contributed by atoms with van der Waals surface area (Å²) in [5, 5.41) is 10.4. The average Bonchev–Trinajstić information content (AvgIpc) is 2.10. The first-order valence-corrected chi connectivity index (χ1v) is 6.33. The molecule has 4 aliphatic carbocycles. The van der Waals surface area contributed by atoms with Crippen molar-refractivity contribution in [2.24, 2.45) is 17.8 Å². The molecule has 0 heterocycles. The standard InChI is InChI=1S/C13H20O3/c1-8(14)16-12(2)10-3-9-4-11(12)7-13(15,5-9)6-10/h9-11,15H,3-7H2,1-2H3. The molecule has 2 unspecified atom stereocenters. The van der Waals surface area contributed by atoms with Crippen molar-refractivity contribution in [3.05, 3.63) is 0 Å². The Morgan fingerprint density at radius 2 is 1.81 bits per heavy atom. The smallest absolute Gasteiger partial charge is 0.303 e. The zero-order valence-electron chi connectivity index (χ0n) is 10.0. The van der Waals surface area contributed by atoms with Crippen molar-refractivity contribution in [1.82, 2.24) is 0 Å². The third-order valence-corrected chi connectivity index (χ3v) is 5.14. The highest BCUT2D eigenvalue weighted by Crippen LogP contribution is 2.60. The first-order valence-electron chi connectivity index (χ1n) is 6.33. The van der Waals surface area contributed by atoms with E-state index in [-0.39, 0.29) is 11.6 Å². The SMILES string of the molecule is CC(=O)OC1(C)C2CC3CC1CC(O)(C3)C2. The van der Waals surface area contributed by atoms with Gasteiger partial charge in [0.2, 0.25) is 0 Å². The van der Waals surface area contributed by atoms with Crippen LogP contribution in [0.25, 0.3) is 0 Å². The fraction of sp³-hybridized carbons (Fsp3) is 0.923. The van der Waals surface area contributed by atoms with E-state index in [1.807, 2.05) is 0 Å². The molecular formula is C13H20O3. The highest BCUT2D eigenvalue weighted by molar-refractivity contribution is 5.66. The van der Waals surface area contributed by atoms with Gasteiger partial charge >= 0.3 is 5.97 Å². The van der Waals surface area contributed by atoms with Crippen molar-refractivity contribution in [2.75, 3.05) is 0 Å². The molecule has 16 heavy (non-hydrogen) atoms. The van der Waals surface area contributed by atoms with Crippen molar-refractivity contribution in [2.45, 2.75) is 57.2 Å². The van der Waals surface area contributed by atoms with Crippen LogP contribution in [0.4, 0.5) is 0 Å². The van der Waals surface area contributed by atoms with Gasteiger partial charge in [0.1, 0.15) is 5.60 Å². The number of esters is 1. The lowest BCUT2D eigenvalue weighted by Gasteiger charge is -2.61. The second-order valence-electron chi connectivity index (χ2n) is 6.35. The Kier molecular flexibility index (Phi) is 1.99. The average molecular weight is 224 g/mol. The Morgan fingerprint density at radius 1 is 1.25 bits per heavy atom. The Labute approximate surface area is 96.2 Å². The highest BCUT2D eigenvalue weighted by atomic mass is 16.6. The molecule has 90 valence electrons. The monoisotopic (exact) mass is 224 g/mol. The lowest BCUT2D eigenvalue weighted by Crippen LogP contribution is -2.63. The van der Waals surface area contributed by atoms with Crippen LogP contribution in [0, 0.1) is 17.8 Å². The van der Waals surface area contributed by atoms with Crippen molar-refractivity contribution in [3.63, 3.8) is 0 Å². The van der Waals surface area contributed by atoms with Crippen LogP contribution in [-0.2, 0) is 9.53 Å². The van der Waals surface area contributed by atoms with Crippen molar-refractivity contribution >= 4 is 5.97 Å². The third-order valence-electron chi connectivity index (χ3n) is 5.14. The number of hydrogen-bond acceptors (Lipinski definition) is 3. The molecule has 0 aromatic heterocycles. The second kappa shape index (κ2) is 3.00. The van der Waals surface area contributed by atoms with Crippen LogP contribution in [0.5, 0.6) is 0 Å². The van der Waals surface area contributed by atoms with Gasteiger partial charge in [-0.3, -0.25) is 4.79 Å². The number of hydrogen-bond donors (Lipinski definition) is 1. The van der Waals surface area contributed by atoms with Crippen LogP contribution >= 0.6 is 0 Å². The Bertz CT molecular complexity index is 320. The molecular weight excluding hydrogens is 204 g/mol. The first kappa shape index (κ1) is 10.6. The molecule has 0 aromatic carbocycles. The minimum absolute atomic E-state index is 0.179. The number of aliphatic hydroxyl groups is 1. The summed E-state index contributed by atoms with van der Waals surface area (Å²) in [6.07, 6.45) is 4.87. The van der Waals surface area contributed by atoms with Gasteiger partial charge in [-0.15, -0.1) is 0 Å². The molecule has 0 aliphatic heterocycles. The molecule has 0 radical (unpaired) electrons. The molecule has 4 rings (SSSR count). The number of ether oxygens (including phenoxy) is 1. The molecule has 2 atom stereocenters. The summed E-state index contributed by atoms with van der Waals surface area (Å²) >= 11 is 0. The van der Waals surface area contributed by atoms with Crippen LogP contribution < -0.4 is 0 Å². The van der Waals surface area contributed by atoms with Crippen molar-refractivity contribution in [3.8, 4) is 0 Å². The maximum Gasteiger partial charge on any atom is 0.303 e. The zero-order valence-corrected chi connectivity index (χ0v) is 10.0. The summed E-state index contributed by atoms with van der Waals surface area (Å²) < 4.78 is 5.61. The minimum atomic E-state index is -0.448. The summed E-state index contributed by atoms with van der Waals surface area (Å²) in [5.41, 5.74) is -0.759. The minimum Gasteiger partial charge on any atom is -0.459 e. The summed E-state index contributed by atoms with van der Waals surface area (Å²) in [6, 6.07) is 0. The Balaban J connectivity index is 1.91. The maximum absolute atomic E-state index is 11.2. The largest absolute Gasteiger partial charge is 0.459 e. The first-order chi connectivity index (χ1) is 7.41. The molecule has 0 aromatic rings. The topological polar surface area (TPSA) is 46.5 Å². The summed E-state index contributed by atoms with van der Waals surface area (Å²) in [5.74, 6) is 1.22. The normalized spacial score (nSPS) is 54.1. The van der Waals surface area contributed by atoms with Crippen molar-refractivity contribution < 1.29 is 14.6 Å². The van der Waals surface area contributed by atoms with Gasteiger partial charge in [-0.25, -0.2) is 0 Å². The van der Waals surface area contributed by atoms with Gasteiger partial charge in [0.15, 0.2) is 0 Å². The maximum atomic E-state index is 11.2. The van der Waals surface area contributed by atoms with Crippen LogP contribution in [-0.4, -0.2) is 22.3 Å². The van der Waals surface area contributed by atoms with Gasteiger partial charge in [0.25, 0.3) is 0 Å². The molecule has 0 spiro atoms. The van der Waals surface area contributed by atoms with E-state index in [1.165, 1.54) is 6.92 Å². The molecule has 0 saturated heterocycles. The Morgan fingerprint density at radius 3 is 2.25 bits per heavy atom. The number of carbonyl (C=O) groups excluding carboxylic acids is 1. The molecule has 1 N–H and O–H groups in total. The zero-order chi connectivity index (χ0) is 11.6. The van der Waals surface area contributed by atoms with E-state index in [0.29, 0.717) is 17.8 Å². The van der Waals surface area contributed by atoms with Crippen LogP contribution in [0.15, 0.2) is 0 Å². The van der Waals surface area contributed by atoms with E-state index < -0.39 is 5.60 Å². The van der Waals surface area contributed by atoms with E-state index in [4.69, 9.17) is 4.74 Å². The van der Waals surface area contributed by atoms with E-state index in [1.54, 1.807) is 0 Å². The fourth-order valence-electron chi connectivity index (χ4n) is 4.62. The fourth-order valence-corrected chi connectivity index (χ4v) is 4.62. The Hall–Kier alpha value is -0.570. The molecule has 4 saturated carbocycles. The summed E-state index contributed by atoms with van der Waals surface area (Å²) in [7, 11) is 0. The molecule has 4 bridgehead atoms. The van der Waals surface area contributed by atoms with Crippen LogP contribution in [0.2, 0.25) is 0 Å². The van der Waals surface area contributed by atoms with Gasteiger partial charge < -0.3 is 9.84 Å². The van der Waals surface area contributed by atoms with Gasteiger partial charge in [0, 0.05) is 18.8 Å². The molecule has 3 heteroatoms. The highest BCUT2D eigenvalue weighted by Gasteiger charge is 2.61. The van der Waals surface area contributed by atoms with E-state index in [2.05, 4.69) is 6.92 Å². The predicted molar refractivity (Wildman–Crippen MR) is 58.7 cm³/mol. The van der Waals surface area contributed by atoms with E-state index in [9.17, 15) is 9.90 Å². The molecule has 0 amide bonds. The molecule has 3 nitrogen and oxygen atoms in total. The van der Waals surface area contributed by atoms with Crippen LogP contribution in [0.3, 0.4) is 0 Å². The summed E-state index contributed by atoms with van der Waals surface area (Å²) in [6.45, 7) is 3.57. The predicted octanol–water partition coefficient (Wildman–Crippen LogP) is 1.88. The quantitative estimate of drug-likeness (QED) is 0.692. The van der Waals surface area contributed by atoms with E-state index >= 15 is 0 Å². The van der Waals surface area contributed by atoms with Gasteiger partial charge in [-0.2, -0.15) is 0 Å². The van der Waals surface area contributed by atoms with Gasteiger partial charge in [-0.05, 0) is 44.9 Å².